The van der Waals surface area contributed by atoms with Crippen LogP contribution in [0.15, 0.2) is 10.7 Å². The van der Waals surface area contributed by atoms with Crippen molar-refractivity contribution in [3.05, 3.63) is 17.5 Å². The largest absolute Gasteiger partial charge is 0.361 e. The lowest BCUT2D eigenvalue weighted by atomic mass is 10.0. The normalized spacial score (nSPS) is 26.4. The zero-order valence-corrected chi connectivity index (χ0v) is 8.91. The summed E-state index contributed by atoms with van der Waals surface area (Å²) >= 11 is 0. The summed E-state index contributed by atoms with van der Waals surface area (Å²) in [6, 6.07) is -0.00282. The molecule has 5 nitrogen and oxygen atoms in total. The Hall–Kier alpha value is -1.36. The van der Waals surface area contributed by atoms with Gasteiger partial charge < -0.3 is 9.84 Å². The minimum absolute atomic E-state index is 0.0721. The van der Waals surface area contributed by atoms with Gasteiger partial charge in [0, 0.05) is 12.1 Å². The van der Waals surface area contributed by atoms with E-state index in [1.54, 1.807) is 6.20 Å². The molecule has 1 aromatic rings. The molecule has 2 heterocycles. The molecule has 0 spiro atoms. The summed E-state index contributed by atoms with van der Waals surface area (Å²) in [5.41, 5.74) is 1.02. The number of piperazine rings is 1. The third-order valence-electron chi connectivity index (χ3n) is 2.77. The van der Waals surface area contributed by atoms with Crippen LogP contribution in [0.25, 0.3) is 0 Å². The lowest BCUT2D eigenvalue weighted by molar-refractivity contribution is -0.125. The monoisotopic (exact) mass is 209 g/mol. The second kappa shape index (κ2) is 4.02. The van der Waals surface area contributed by atoms with Gasteiger partial charge in [-0.15, -0.1) is 0 Å². The number of aromatic nitrogens is 1. The van der Waals surface area contributed by atoms with Gasteiger partial charge in [0.25, 0.3) is 0 Å². The number of hydrogen-bond acceptors (Lipinski definition) is 4. The summed E-state index contributed by atoms with van der Waals surface area (Å²) in [6.45, 7) is 4.46. The molecule has 0 saturated carbocycles. The van der Waals surface area contributed by atoms with E-state index in [4.69, 9.17) is 4.52 Å². The molecule has 1 saturated heterocycles. The standard InChI is InChI=1S/C10H15N3O2/c1-3-8-10(14)11-5-9(13-8)7-4-12-15-6(7)2/h4,8-9,13H,3,5H2,1-2H3,(H,11,14). The first kappa shape index (κ1) is 10.2. The Kier molecular flexibility index (Phi) is 2.73. The fraction of sp³-hybridized carbons (Fsp3) is 0.600. The molecule has 2 unspecified atom stereocenters. The van der Waals surface area contributed by atoms with Crippen molar-refractivity contribution in [2.45, 2.75) is 32.4 Å². The molecular weight excluding hydrogens is 194 g/mol. The van der Waals surface area contributed by atoms with Crippen LogP contribution in [0.5, 0.6) is 0 Å². The molecule has 82 valence electrons. The number of hydrogen-bond donors (Lipinski definition) is 2. The maximum Gasteiger partial charge on any atom is 0.237 e. The van der Waals surface area contributed by atoms with Crippen molar-refractivity contribution >= 4 is 5.91 Å². The van der Waals surface area contributed by atoms with Crippen LogP contribution < -0.4 is 10.6 Å². The summed E-state index contributed by atoms with van der Waals surface area (Å²) in [6.07, 6.45) is 2.49. The van der Waals surface area contributed by atoms with Gasteiger partial charge >= 0.3 is 0 Å². The van der Waals surface area contributed by atoms with E-state index in [1.807, 2.05) is 13.8 Å². The van der Waals surface area contributed by atoms with Crippen LogP contribution in [0.2, 0.25) is 0 Å². The maximum atomic E-state index is 11.4. The fourth-order valence-corrected chi connectivity index (χ4v) is 1.85. The Morgan fingerprint density at radius 1 is 1.67 bits per heavy atom. The molecule has 5 heteroatoms. The molecule has 0 aromatic carbocycles. The van der Waals surface area contributed by atoms with E-state index < -0.39 is 0 Å². The lowest BCUT2D eigenvalue weighted by Crippen LogP contribution is -2.54. The number of nitrogens with zero attached hydrogens (tertiary/aromatic N) is 1. The Bertz CT molecular complexity index is 361. The first-order valence-corrected chi connectivity index (χ1v) is 5.17. The minimum Gasteiger partial charge on any atom is -0.361 e. The smallest absolute Gasteiger partial charge is 0.237 e. The molecule has 2 rings (SSSR count). The molecule has 0 radical (unpaired) electrons. The lowest BCUT2D eigenvalue weighted by Gasteiger charge is -2.29. The van der Waals surface area contributed by atoms with Crippen LogP contribution in [0.3, 0.4) is 0 Å². The van der Waals surface area contributed by atoms with Gasteiger partial charge in [-0.3, -0.25) is 10.1 Å². The van der Waals surface area contributed by atoms with Crippen molar-refractivity contribution in [1.29, 1.82) is 0 Å². The number of carbonyl (C=O) groups is 1. The zero-order valence-electron chi connectivity index (χ0n) is 8.91. The van der Waals surface area contributed by atoms with E-state index >= 15 is 0 Å². The van der Waals surface area contributed by atoms with Crippen LogP contribution in [0.4, 0.5) is 0 Å². The minimum atomic E-state index is -0.113. The quantitative estimate of drug-likeness (QED) is 0.745. The van der Waals surface area contributed by atoms with Crippen molar-refractivity contribution in [2.75, 3.05) is 6.54 Å². The molecule has 1 aromatic heterocycles. The van der Waals surface area contributed by atoms with Crippen molar-refractivity contribution in [3.8, 4) is 0 Å². The van der Waals surface area contributed by atoms with Crippen LogP contribution >= 0.6 is 0 Å². The predicted octanol–water partition coefficient (Wildman–Crippen LogP) is 0.522. The van der Waals surface area contributed by atoms with E-state index in [1.165, 1.54) is 0 Å². The summed E-state index contributed by atoms with van der Waals surface area (Å²) in [5.74, 6) is 0.876. The number of amides is 1. The molecule has 1 aliphatic rings. The third-order valence-corrected chi connectivity index (χ3v) is 2.77. The van der Waals surface area contributed by atoms with E-state index in [2.05, 4.69) is 15.8 Å². The van der Waals surface area contributed by atoms with Gasteiger partial charge in [0.1, 0.15) is 5.76 Å². The van der Waals surface area contributed by atoms with Crippen LogP contribution in [0, 0.1) is 6.92 Å². The Morgan fingerprint density at radius 3 is 3.07 bits per heavy atom. The van der Waals surface area contributed by atoms with Crippen molar-refractivity contribution in [2.24, 2.45) is 0 Å². The average Bonchev–Trinajstić information content (AvgIpc) is 2.65. The average molecular weight is 209 g/mol. The number of carbonyl (C=O) groups excluding carboxylic acids is 1. The molecule has 1 fully saturated rings. The Balaban J connectivity index is 2.13. The highest BCUT2D eigenvalue weighted by atomic mass is 16.5. The highest BCUT2D eigenvalue weighted by Crippen LogP contribution is 2.19. The highest BCUT2D eigenvalue weighted by molar-refractivity contribution is 5.82. The number of rotatable bonds is 2. The number of aryl methyl sites for hydroxylation is 1. The second-order valence-electron chi connectivity index (χ2n) is 3.76. The number of nitrogens with one attached hydrogen (secondary N) is 2. The first-order valence-electron chi connectivity index (χ1n) is 5.17. The molecule has 0 bridgehead atoms. The molecule has 1 aliphatic heterocycles. The summed E-state index contributed by atoms with van der Waals surface area (Å²) in [5, 5.41) is 9.90. The molecule has 2 atom stereocenters. The summed E-state index contributed by atoms with van der Waals surface area (Å²) in [4.78, 5) is 11.4. The molecule has 15 heavy (non-hydrogen) atoms. The van der Waals surface area contributed by atoms with Gasteiger partial charge in [0.2, 0.25) is 5.91 Å². The highest BCUT2D eigenvalue weighted by Gasteiger charge is 2.28. The van der Waals surface area contributed by atoms with E-state index in [-0.39, 0.29) is 18.0 Å². The van der Waals surface area contributed by atoms with Crippen molar-refractivity contribution < 1.29 is 9.32 Å². The van der Waals surface area contributed by atoms with Crippen molar-refractivity contribution in [3.63, 3.8) is 0 Å². The van der Waals surface area contributed by atoms with E-state index in [0.717, 1.165) is 17.7 Å². The summed E-state index contributed by atoms with van der Waals surface area (Å²) < 4.78 is 5.01. The van der Waals surface area contributed by atoms with Gasteiger partial charge in [-0.25, -0.2) is 0 Å². The van der Waals surface area contributed by atoms with Crippen LogP contribution in [-0.2, 0) is 4.79 Å². The maximum absolute atomic E-state index is 11.4. The first-order chi connectivity index (χ1) is 7.22. The predicted molar refractivity (Wildman–Crippen MR) is 54.2 cm³/mol. The van der Waals surface area contributed by atoms with Gasteiger partial charge in [0.15, 0.2) is 0 Å². The van der Waals surface area contributed by atoms with Gasteiger partial charge in [-0.2, -0.15) is 0 Å². The summed E-state index contributed by atoms with van der Waals surface area (Å²) in [7, 11) is 0. The fourth-order valence-electron chi connectivity index (χ4n) is 1.85. The second-order valence-corrected chi connectivity index (χ2v) is 3.76. The van der Waals surface area contributed by atoms with Crippen LogP contribution in [0.1, 0.15) is 30.7 Å². The third kappa shape index (κ3) is 1.87. The topological polar surface area (TPSA) is 67.2 Å². The van der Waals surface area contributed by atoms with Gasteiger partial charge in [-0.1, -0.05) is 12.1 Å². The molecular formula is C10H15N3O2. The Morgan fingerprint density at radius 2 is 2.47 bits per heavy atom. The zero-order chi connectivity index (χ0) is 10.8. The van der Waals surface area contributed by atoms with E-state index in [9.17, 15) is 4.79 Å². The van der Waals surface area contributed by atoms with E-state index in [0.29, 0.717) is 6.54 Å². The molecule has 2 N–H and O–H groups in total. The Labute approximate surface area is 88.2 Å². The van der Waals surface area contributed by atoms with Gasteiger partial charge in [-0.05, 0) is 13.3 Å². The molecule has 0 aliphatic carbocycles. The van der Waals surface area contributed by atoms with Crippen LogP contribution in [-0.4, -0.2) is 23.7 Å². The van der Waals surface area contributed by atoms with Gasteiger partial charge in [0.05, 0.1) is 18.3 Å². The van der Waals surface area contributed by atoms with Crippen molar-refractivity contribution in [1.82, 2.24) is 15.8 Å². The molecule has 1 amide bonds. The SMILES string of the molecule is CCC1NC(c2cnoc2C)CNC1=O.